The van der Waals surface area contributed by atoms with Crippen molar-refractivity contribution in [3.63, 3.8) is 0 Å². The molecule has 0 spiro atoms. The van der Waals surface area contributed by atoms with Crippen LogP contribution in [0.3, 0.4) is 0 Å². The molecule has 0 fully saturated rings. The Balaban J connectivity index is 3.44. The van der Waals surface area contributed by atoms with Gasteiger partial charge in [-0.25, -0.2) is 8.78 Å². The monoisotopic (exact) mass is 205 g/mol. The van der Waals surface area contributed by atoms with Crippen LogP contribution >= 0.6 is 7.14 Å². The van der Waals surface area contributed by atoms with E-state index in [9.17, 15) is 13.3 Å². The van der Waals surface area contributed by atoms with E-state index >= 15 is 0 Å². The van der Waals surface area contributed by atoms with Gasteiger partial charge in [-0.05, 0) is 25.5 Å². The lowest BCUT2D eigenvalue weighted by Crippen LogP contribution is -2.12. The maximum absolute atomic E-state index is 13.1. The second kappa shape index (κ2) is 3.11. The third-order valence-corrected chi connectivity index (χ3v) is 3.18. The number of benzene rings is 1. The zero-order valence-electron chi connectivity index (χ0n) is 7.34. The summed E-state index contributed by atoms with van der Waals surface area (Å²) in [7, 11) is -2.77. The molecule has 0 aliphatic heterocycles. The fraction of sp³-hybridized carbons (Fsp3) is 0.250. The minimum Gasteiger partial charge on any atom is -0.396 e. The number of nitrogen functional groups attached to an aromatic ring is 1. The third-order valence-electron chi connectivity index (χ3n) is 1.67. The largest absolute Gasteiger partial charge is 0.396 e. The summed E-state index contributed by atoms with van der Waals surface area (Å²) in [5.41, 5.74) is 4.86. The fourth-order valence-corrected chi connectivity index (χ4v) is 1.97. The molecule has 1 aromatic carbocycles. The molecule has 2 N–H and O–H groups in total. The Morgan fingerprint density at radius 2 is 1.77 bits per heavy atom. The highest BCUT2D eigenvalue weighted by Crippen LogP contribution is 2.36. The van der Waals surface area contributed by atoms with Gasteiger partial charge in [0, 0.05) is 0 Å². The molecular weight excluding hydrogens is 195 g/mol. The Labute approximate surface area is 75.1 Å². The highest BCUT2D eigenvalue weighted by Gasteiger charge is 2.20. The van der Waals surface area contributed by atoms with E-state index in [0.717, 1.165) is 0 Å². The first kappa shape index (κ1) is 10.2. The maximum Gasteiger partial charge on any atom is 0.182 e. The molecule has 0 bridgehead atoms. The number of halogens is 2. The summed E-state index contributed by atoms with van der Waals surface area (Å²) >= 11 is 0. The number of hydrogen-bond donors (Lipinski definition) is 1. The van der Waals surface area contributed by atoms with Gasteiger partial charge in [0.15, 0.2) is 11.6 Å². The smallest absolute Gasteiger partial charge is 0.182 e. The molecule has 0 saturated heterocycles. The molecule has 0 saturated carbocycles. The van der Waals surface area contributed by atoms with Crippen LogP contribution in [0.1, 0.15) is 0 Å². The normalized spacial score (nSPS) is 11.7. The molecule has 0 aliphatic carbocycles. The van der Waals surface area contributed by atoms with Crippen molar-refractivity contribution < 1.29 is 13.3 Å². The average molecular weight is 205 g/mol. The molecule has 0 atom stereocenters. The van der Waals surface area contributed by atoms with Gasteiger partial charge in [0.05, 0.1) is 11.0 Å². The summed E-state index contributed by atoms with van der Waals surface area (Å²) in [5, 5.41) is -0.0980. The summed E-state index contributed by atoms with van der Waals surface area (Å²) in [4.78, 5) is 0. The van der Waals surface area contributed by atoms with E-state index in [0.29, 0.717) is 0 Å². The molecule has 5 heteroatoms. The Morgan fingerprint density at radius 3 is 2.23 bits per heavy atom. The Morgan fingerprint density at radius 1 is 1.23 bits per heavy atom. The fourth-order valence-electron chi connectivity index (χ4n) is 0.970. The zero-order chi connectivity index (χ0) is 10.2. The highest BCUT2D eigenvalue weighted by atomic mass is 31.2. The van der Waals surface area contributed by atoms with E-state index in [1.165, 1.54) is 25.5 Å². The first-order chi connectivity index (χ1) is 5.84. The standard InChI is InChI=1S/C8H10F2NOP/c1-13(2,12)6-4-3-5(11)7(9)8(6)10/h3-4H,11H2,1-2H3. The molecule has 0 heterocycles. The number of anilines is 1. The van der Waals surface area contributed by atoms with Gasteiger partial charge in [0.25, 0.3) is 0 Å². The van der Waals surface area contributed by atoms with E-state index in [4.69, 9.17) is 5.73 Å². The van der Waals surface area contributed by atoms with Crippen LogP contribution in [0.2, 0.25) is 0 Å². The van der Waals surface area contributed by atoms with Gasteiger partial charge in [0.2, 0.25) is 0 Å². The highest BCUT2D eigenvalue weighted by molar-refractivity contribution is 7.70. The molecule has 2 nitrogen and oxygen atoms in total. The SMILES string of the molecule is CP(C)(=O)c1ccc(N)c(F)c1F. The molecular formula is C8H10F2NOP. The lowest BCUT2D eigenvalue weighted by Gasteiger charge is -2.09. The number of nitrogens with two attached hydrogens (primary N) is 1. The summed E-state index contributed by atoms with van der Waals surface area (Å²) in [6, 6.07) is 2.47. The first-order valence-electron chi connectivity index (χ1n) is 3.63. The number of hydrogen-bond acceptors (Lipinski definition) is 2. The van der Waals surface area contributed by atoms with Gasteiger partial charge in [0.1, 0.15) is 7.14 Å². The van der Waals surface area contributed by atoms with Crippen molar-refractivity contribution in [3.05, 3.63) is 23.8 Å². The topological polar surface area (TPSA) is 43.1 Å². The molecule has 1 aromatic rings. The van der Waals surface area contributed by atoms with Crippen molar-refractivity contribution in [2.75, 3.05) is 19.1 Å². The predicted molar refractivity (Wildman–Crippen MR) is 49.9 cm³/mol. The lowest BCUT2D eigenvalue weighted by molar-refractivity contribution is 0.516. The first-order valence-corrected chi connectivity index (χ1v) is 6.23. The second-order valence-electron chi connectivity index (χ2n) is 3.15. The van der Waals surface area contributed by atoms with Gasteiger partial charge < -0.3 is 10.3 Å². The molecule has 0 radical (unpaired) electrons. The lowest BCUT2D eigenvalue weighted by atomic mass is 10.3. The molecule has 1 rings (SSSR count). The van der Waals surface area contributed by atoms with Crippen LogP contribution in [-0.4, -0.2) is 13.3 Å². The van der Waals surface area contributed by atoms with Crippen LogP contribution < -0.4 is 11.0 Å². The van der Waals surface area contributed by atoms with E-state index in [-0.39, 0.29) is 11.0 Å². The maximum atomic E-state index is 13.1. The average Bonchev–Trinajstić information content (AvgIpc) is 1.98. The quantitative estimate of drug-likeness (QED) is 0.561. The molecule has 0 unspecified atom stereocenters. The van der Waals surface area contributed by atoms with E-state index in [1.807, 2.05) is 0 Å². The van der Waals surface area contributed by atoms with Crippen LogP contribution in [0.5, 0.6) is 0 Å². The third kappa shape index (κ3) is 1.89. The molecule has 72 valence electrons. The van der Waals surface area contributed by atoms with Crippen LogP contribution in [-0.2, 0) is 4.57 Å². The van der Waals surface area contributed by atoms with Crippen molar-refractivity contribution in [1.82, 2.24) is 0 Å². The summed E-state index contributed by atoms with van der Waals surface area (Å²) in [6.07, 6.45) is 0. The predicted octanol–water partition coefficient (Wildman–Crippen LogP) is 1.79. The number of rotatable bonds is 1. The Kier molecular flexibility index (Phi) is 2.44. The van der Waals surface area contributed by atoms with Crippen molar-refractivity contribution >= 4 is 18.1 Å². The van der Waals surface area contributed by atoms with Crippen LogP contribution in [0, 0.1) is 11.6 Å². The van der Waals surface area contributed by atoms with Gasteiger partial charge in [-0.15, -0.1) is 0 Å². The van der Waals surface area contributed by atoms with Gasteiger partial charge in [-0.3, -0.25) is 0 Å². The Hall–Kier alpha value is -0.890. The molecule has 0 amide bonds. The minimum atomic E-state index is -2.77. The van der Waals surface area contributed by atoms with Gasteiger partial charge in [-0.2, -0.15) is 0 Å². The van der Waals surface area contributed by atoms with Gasteiger partial charge in [-0.1, -0.05) is 0 Å². The van der Waals surface area contributed by atoms with Crippen molar-refractivity contribution in [1.29, 1.82) is 0 Å². The van der Waals surface area contributed by atoms with Crippen molar-refractivity contribution in [2.24, 2.45) is 0 Å². The summed E-state index contributed by atoms with van der Waals surface area (Å²) < 4.78 is 37.5. The van der Waals surface area contributed by atoms with Crippen LogP contribution in [0.15, 0.2) is 12.1 Å². The molecule has 0 aromatic heterocycles. The molecule has 0 aliphatic rings. The summed E-state index contributed by atoms with van der Waals surface area (Å²) in [6.45, 7) is 2.75. The molecule has 13 heavy (non-hydrogen) atoms. The van der Waals surface area contributed by atoms with E-state index < -0.39 is 18.8 Å². The van der Waals surface area contributed by atoms with Gasteiger partial charge >= 0.3 is 0 Å². The van der Waals surface area contributed by atoms with Crippen molar-refractivity contribution in [2.45, 2.75) is 0 Å². The minimum absolute atomic E-state index is 0.0980. The second-order valence-corrected chi connectivity index (χ2v) is 6.34. The van der Waals surface area contributed by atoms with E-state index in [1.54, 1.807) is 0 Å². The summed E-state index contributed by atoms with van der Waals surface area (Å²) in [5.74, 6) is -2.23. The van der Waals surface area contributed by atoms with Crippen molar-refractivity contribution in [3.8, 4) is 0 Å². The van der Waals surface area contributed by atoms with E-state index in [2.05, 4.69) is 0 Å². The Bertz CT molecular complexity index is 386. The zero-order valence-corrected chi connectivity index (χ0v) is 8.24. The van der Waals surface area contributed by atoms with Crippen LogP contribution in [0.25, 0.3) is 0 Å². The van der Waals surface area contributed by atoms with Crippen LogP contribution in [0.4, 0.5) is 14.5 Å².